The smallest absolute Gasteiger partial charge is 0.317 e. The van der Waals surface area contributed by atoms with Gasteiger partial charge in [0, 0.05) is 13.1 Å². The minimum Gasteiger partial charge on any atom is -0.338 e. The van der Waals surface area contributed by atoms with E-state index < -0.39 is 0 Å². The van der Waals surface area contributed by atoms with Gasteiger partial charge in [-0.25, -0.2) is 9.78 Å². The minimum absolute atomic E-state index is 0.135. The molecule has 1 aromatic carbocycles. The third-order valence-electron chi connectivity index (χ3n) is 3.67. The molecule has 2 aromatic rings. The predicted octanol–water partition coefficient (Wildman–Crippen LogP) is 2.50. The lowest BCUT2D eigenvalue weighted by atomic mass is 10.1. The lowest BCUT2D eigenvalue weighted by molar-refractivity contribution is 0.196. The molecule has 124 valence electrons. The summed E-state index contributed by atoms with van der Waals surface area (Å²) in [5.74, 6) is 1.04. The summed E-state index contributed by atoms with van der Waals surface area (Å²) < 4.78 is 0. The number of hydrogen-bond donors (Lipinski definition) is 2. The fourth-order valence-electron chi connectivity index (χ4n) is 2.30. The van der Waals surface area contributed by atoms with E-state index in [9.17, 15) is 9.59 Å². The molecule has 1 aromatic heterocycles. The van der Waals surface area contributed by atoms with E-state index in [2.05, 4.69) is 29.1 Å². The Kier molecular flexibility index (Phi) is 5.73. The van der Waals surface area contributed by atoms with Crippen LogP contribution in [0.1, 0.15) is 33.0 Å². The van der Waals surface area contributed by atoms with E-state index in [4.69, 9.17) is 0 Å². The number of carbonyl (C=O) groups is 1. The highest BCUT2D eigenvalue weighted by Crippen LogP contribution is 2.07. The van der Waals surface area contributed by atoms with Crippen molar-refractivity contribution in [3.05, 3.63) is 40.4 Å². The van der Waals surface area contributed by atoms with Gasteiger partial charge in [0.15, 0.2) is 0 Å². The summed E-state index contributed by atoms with van der Waals surface area (Å²) in [4.78, 5) is 33.1. The molecule has 1 heterocycles. The van der Waals surface area contributed by atoms with Gasteiger partial charge in [0.05, 0.1) is 17.4 Å². The van der Waals surface area contributed by atoms with Gasteiger partial charge in [-0.3, -0.25) is 4.79 Å². The van der Waals surface area contributed by atoms with Gasteiger partial charge >= 0.3 is 6.03 Å². The first-order chi connectivity index (χ1) is 11.0. The summed E-state index contributed by atoms with van der Waals surface area (Å²) in [6.45, 7) is 7.62. The number of nitrogens with zero attached hydrogens (tertiary/aromatic N) is 2. The van der Waals surface area contributed by atoms with Crippen LogP contribution in [0.4, 0.5) is 4.79 Å². The summed E-state index contributed by atoms with van der Waals surface area (Å²) in [6, 6.07) is 7.05. The molecule has 6 heteroatoms. The topological polar surface area (TPSA) is 78.1 Å². The van der Waals surface area contributed by atoms with Crippen molar-refractivity contribution in [2.45, 2.75) is 33.7 Å². The second-order valence-corrected chi connectivity index (χ2v) is 5.96. The molecule has 0 aliphatic heterocycles. The Morgan fingerprint density at radius 3 is 2.78 bits per heavy atom. The number of hydrogen-bond acceptors (Lipinski definition) is 3. The maximum absolute atomic E-state index is 12.2. The molecule has 0 unspecified atom stereocenters. The number of benzene rings is 1. The zero-order valence-electron chi connectivity index (χ0n) is 13.9. The Balaban J connectivity index is 2.09. The molecule has 0 saturated heterocycles. The summed E-state index contributed by atoms with van der Waals surface area (Å²) >= 11 is 0. The van der Waals surface area contributed by atoms with Crippen LogP contribution in [0.3, 0.4) is 0 Å². The van der Waals surface area contributed by atoms with E-state index >= 15 is 0 Å². The first-order valence-electron chi connectivity index (χ1n) is 8.02. The van der Waals surface area contributed by atoms with Crippen LogP contribution in [0.2, 0.25) is 0 Å². The monoisotopic (exact) mass is 316 g/mol. The highest BCUT2D eigenvalue weighted by molar-refractivity contribution is 5.77. The fraction of sp³-hybridized carbons (Fsp3) is 0.471. The van der Waals surface area contributed by atoms with Crippen LogP contribution in [-0.2, 0) is 6.54 Å². The van der Waals surface area contributed by atoms with Gasteiger partial charge in [-0.2, -0.15) is 0 Å². The zero-order chi connectivity index (χ0) is 16.8. The van der Waals surface area contributed by atoms with E-state index in [-0.39, 0.29) is 18.1 Å². The molecule has 0 bridgehead atoms. The summed E-state index contributed by atoms with van der Waals surface area (Å²) in [7, 11) is 0. The van der Waals surface area contributed by atoms with Crippen molar-refractivity contribution in [2.24, 2.45) is 5.92 Å². The van der Waals surface area contributed by atoms with Crippen LogP contribution in [0, 0.1) is 5.92 Å². The van der Waals surface area contributed by atoms with Crippen molar-refractivity contribution in [3.63, 3.8) is 0 Å². The second-order valence-electron chi connectivity index (χ2n) is 5.96. The lowest BCUT2D eigenvalue weighted by Gasteiger charge is -2.21. The Labute approximate surface area is 135 Å². The van der Waals surface area contributed by atoms with Crippen molar-refractivity contribution >= 4 is 16.9 Å². The molecule has 2 N–H and O–H groups in total. The molecule has 0 aliphatic carbocycles. The van der Waals surface area contributed by atoms with Gasteiger partial charge in [0.25, 0.3) is 5.56 Å². The SMILES string of the molecule is CCN(Cc1nc2ccccc2c(=O)[nH]1)C(=O)NCCC(C)C. The molecule has 0 saturated carbocycles. The van der Waals surface area contributed by atoms with Crippen molar-refractivity contribution < 1.29 is 4.79 Å². The first-order valence-corrected chi connectivity index (χ1v) is 8.02. The van der Waals surface area contributed by atoms with Gasteiger partial charge in [0.1, 0.15) is 5.82 Å². The van der Waals surface area contributed by atoms with E-state index in [1.165, 1.54) is 0 Å². The number of amides is 2. The molecular weight excluding hydrogens is 292 g/mol. The van der Waals surface area contributed by atoms with E-state index in [0.717, 1.165) is 6.42 Å². The number of H-pyrrole nitrogens is 1. The van der Waals surface area contributed by atoms with Crippen molar-refractivity contribution in [1.82, 2.24) is 20.2 Å². The number of para-hydroxylation sites is 1. The molecule has 0 radical (unpaired) electrons. The molecule has 2 amide bonds. The Morgan fingerprint density at radius 2 is 2.09 bits per heavy atom. The van der Waals surface area contributed by atoms with Crippen LogP contribution >= 0.6 is 0 Å². The molecule has 0 spiro atoms. The Hall–Kier alpha value is -2.37. The van der Waals surface area contributed by atoms with Crippen molar-refractivity contribution in [3.8, 4) is 0 Å². The number of urea groups is 1. The molecule has 0 fully saturated rings. The summed E-state index contributed by atoms with van der Waals surface area (Å²) in [6.07, 6.45) is 0.939. The molecule has 0 atom stereocenters. The van der Waals surface area contributed by atoms with Gasteiger partial charge < -0.3 is 15.2 Å². The zero-order valence-corrected chi connectivity index (χ0v) is 13.9. The minimum atomic E-state index is -0.179. The maximum Gasteiger partial charge on any atom is 0.317 e. The van der Waals surface area contributed by atoms with Gasteiger partial charge in [-0.05, 0) is 31.4 Å². The standard InChI is InChI=1S/C17H24N4O2/c1-4-21(17(23)18-10-9-12(2)3)11-15-19-14-8-6-5-7-13(14)16(22)20-15/h5-8,12H,4,9-11H2,1-3H3,(H,18,23)(H,19,20,22). The average Bonchev–Trinajstić information content (AvgIpc) is 2.52. The number of rotatable bonds is 6. The van der Waals surface area contributed by atoms with Crippen LogP contribution in [0.25, 0.3) is 10.9 Å². The van der Waals surface area contributed by atoms with Crippen LogP contribution < -0.4 is 10.9 Å². The van der Waals surface area contributed by atoms with Crippen LogP contribution in [0.5, 0.6) is 0 Å². The number of fused-ring (bicyclic) bond motifs is 1. The maximum atomic E-state index is 12.2. The molecule has 6 nitrogen and oxygen atoms in total. The normalized spacial score (nSPS) is 11.0. The summed E-state index contributed by atoms with van der Waals surface area (Å²) in [5, 5.41) is 3.46. The Bertz CT molecular complexity index is 724. The molecule has 2 rings (SSSR count). The molecule has 0 aliphatic rings. The number of nitrogens with one attached hydrogen (secondary N) is 2. The highest BCUT2D eigenvalue weighted by atomic mass is 16.2. The largest absolute Gasteiger partial charge is 0.338 e. The van der Waals surface area contributed by atoms with Gasteiger partial charge in [-0.15, -0.1) is 0 Å². The van der Waals surface area contributed by atoms with E-state index in [0.29, 0.717) is 35.7 Å². The van der Waals surface area contributed by atoms with Crippen molar-refractivity contribution in [2.75, 3.05) is 13.1 Å². The first kappa shape index (κ1) is 17.0. The average molecular weight is 316 g/mol. The third kappa shape index (κ3) is 4.55. The van der Waals surface area contributed by atoms with Crippen LogP contribution in [0.15, 0.2) is 29.1 Å². The third-order valence-corrected chi connectivity index (χ3v) is 3.67. The fourth-order valence-corrected chi connectivity index (χ4v) is 2.30. The van der Waals surface area contributed by atoms with E-state index in [1.54, 1.807) is 23.1 Å². The quantitative estimate of drug-likeness (QED) is 0.859. The number of aromatic amines is 1. The van der Waals surface area contributed by atoms with Crippen LogP contribution in [-0.4, -0.2) is 34.0 Å². The van der Waals surface area contributed by atoms with E-state index in [1.807, 2.05) is 13.0 Å². The predicted molar refractivity (Wildman–Crippen MR) is 91.3 cm³/mol. The Morgan fingerprint density at radius 1 is 1.35 bits per heavy atom. The molecular formula is C17H24N4O2. The number of carbonyl (C=O) groups excluding carboxylic acids is 1. The number of aromatic nitrogens is 2. The molecule has 23 heavy (non-hydrogen) atoms. The second kappa shape index (κ2) is 7.76. The van der Waals surface area contributed by atoms with Gasteiger partial charge in [-0.1, -0.05) is 26.0 Å². The van der Waals surface area contributed by atoms with Crippen molar-refractivity contribution in [1.29, 1.82) is 0 Å². The lowest BCUT2D eigenvalue weighted by Crippen LogP contribution is -2.40. The van der Waals surface area contributed by atoms with Gasteiger partial charge in [0.2, 0.25) is 0 Å². The highest BCUT2D eigenvalue weighted by Gasteiger charge is 2.13. The summed E-state index contributed by atoms with van der Waals surface area (Å²) in [5.41, 5.74) is 0.462.